The lowest BCUT2D eigenvalue weighted by Crippen LogP contribution is -2.26. The fourth-order valence-electron chi connectivity index (χ4n) is 1.80. The van der Waals surface area contributed by atoms with Crippen LogP contribution in [0.4, 0.5) is 11.5 Å². The van der Waals surface area contributed by atoms with Gasteiger partial charge in [-0.25, -0.2) is 4.98 Å². The molecule has 1 amide bonds. The van der Waals surface area contributed by atoms with E-state index in [0.29, 0.717) is 22.1 Å². The molecule has 0 saturated heterocycles. The van der Waals surface area contributed by atoms with Gasteiger partial charge in [0.05, 0.1) is 22.5 Å². The van der Waals surface area contributed by atoms with Crippen molar-refractivity contribution in [3.05, 3.63) is 47.4 Å². The first-order chi connectivity index (χ1) is 10.1. The number of hydrogen-bond donors (Lipinski definition) is 1. The number of hydrogen-bond acceptors (Lipinski definition) is 4. The van der Waals surface area contributed by atoms with E-state index in [4.69, 9.17) is 11.6 Å². The molecule has 2 aromatic heterocycles. The number of rotatable bonds is 5. The lowest BCUT2D eigenvalue weighted by Gasteiger charge is -2.18. The molecular formula is C15H17ClN4O. The number of halogens is 1. The van der Waals surface area contributed by atoms with Gasteiger partial charge in [0.2, 0.25) is 0 Å². The Hall–Kier alpha value is -2.14. The quantitative estimate of drug-likeness (QED) is 0.921. The standard InChI is InChI=1S/C15H17ClN4O/c1-3-6-18-14-8-12(13(16)10-19-14)15(21)20(2)11-5-4-7-17-9-11/h4-5,7-10H,3,6H2,1-2H3,(H,18,19). The van der Waals surface area contributed by atoms with Gasteiger partial charge in [0.25, 0.3) is 5.91 Å². The number of carbonyl (C=O) groups excluding carboxylic acids is 1. The predicted molar refractivity (Wildman–Crippen MR) is 85.0 cm³/mol. The van der Waals surface area contributed by atoms with Crippen molar-refractivity contribution in [3.63, 3.8) is 0 Å². The molecule has 0 saturated carbocycles. The minimum Gasteiger partial charge on any atom is -0.370 e. The van der Waals surface area contributed by atoms with Crippen LogP contribution in [-0.4, -0.2) is 29.5 Å². The van der Waals surface area contributed by atoms with Gasteiger partial charge in [0.15, 0.2) is 0 Å². The molecule has 6 heteroatoms. The highest BCUT2D eigenvalue weighted by Crippen LogP contribution is 2.22. The number of anilines is 2. The Morgan fingerprint density at radius 2 is 2.24 bits per heavy atom. The normalized spacial score (nSPS) is 10.2. The van der Waals surface area contributed by atoms with E-state index in [-0.39, 0.29) is 5.91 Å². The molecule has 0 aliphatic rings. The fourth-order valence-corrected chi connectivity index (χ4v) is 1.99. The molecule has 0 aliphatic carbocycles. The van der Waals surface area contributed by atoms with E-state index >= 15 is 0 Å². The highest BCUT2D eigenvalue weighted by Gasteiger charge is 2.17. The van der Waals surface area contributed by atoms with Gasteiger partial charge in [-0.2, -0.15) is 0 Å². The summed E-state index contributed by atoms with van der Waals surface area (Å²) in [6.07, 6.45) is 5.75. The van der Waals surface area contributed by atoms with Crippen LogP contribution in [0.2, 0.25) is 5.02 Å². The number of carbonyl (C=O) groups is 1. The number of amides is 1. The van der Waals surface area contributed by atoms with Gasteiger partial charge in [0.1, 0.15) is 5.82 Å². The molecule has 0 fully saturated rings. The number of pyridine rings is 2. The zero-order valence-electron chi connectivity index (χ0n) is 12.0. The third kappa shape index (κ3) is 3.70. The van der Waals surface area contributed by atoms with Crippen LogP contribution in [0.1, 0.15) is 23.7 Å². The number of aromatic nitrogens is 2. The maximum atomic E-state index is 12.6. The van der Waals surface area contributed by atoms with Gasteiger partial charge >= 0.3 is 0 Å². The van der Waals surface area contributed by atoms with Gasteiger partial charge in [-0.3, -0.25) is 9.78 Å². The summed E-state index contributed by atoms with van der Waals surface area (Å²) in [5.74, 6) is 0.444. The molecule has 2 rings (SSSR count). The number of nitrogens with one attached hydrogen (secondary N) is 1. The van der Waals surface area contributed by atoms with Crippen LogP contribution in [0.5, 0.6) is 0 Å². The van der Waals surface area contributed by atoms with Crippen molar-refractivity contribution >= 4 is 29.0 Å². The Kier molecular flexibility index (Phi) is 5.11. The topological polar surface area (TPSA) is 58.1 Å². The van der Waals surface area contributed by atoms with Crippen LogP contribution in [-0.2, 0) is 0 Å². The van der Waals surface area contributed by atoms with E-state index in [2.05, 4.69) is 22.2 Å². The van der Waals surface area contributed by atoms with Crippen LogP contribution in [0, 0.1) is 0 Å². The summed E-state index contributed by atoms with van der Waals surface area (Å²) in [6.45, 7) is 2.85. The zero-order chi connectivity index (χ0) is 15.2. The van der Waals surface area contributed by atoms with Crippen LogP contribution in [0.25, 0.3) is 0 Å². The van der Waals surface area contributed by atoms with E-state index in [1.54, 1.807) is 31.6 Å². The van der Waals surface area contributed by atoms with E-state index in [0.717, 1.165) is 13.0 Å². The van der Waals surface area contributed by atoms with Gasteiger partial charge in [-0.1, -0.05) is 18.5 Å². The lowest BCUT2D eigenvalue weighted by atomic mass is 10.2. The van der Waals surface area contributed by atoms with Gasteiger partial charge < -0.3 is 10.2 Å². The Balaban J connectivity index is 2.25. The molecule has 5 nitrogen and oxygen atoms in total. The minimum absolute atomic E-state index is 0.199. The summed E-state index contributed by atoms with van der Waals surface area (Å²) in [6, 6.07) is 5.27. The van der Waals surface area contributed by atoms with Gasteiger partial charge in [-0.15, -0.1) is 0 Å². The maximum absolute atomic E-state index is 12.6. The molecule has 0 aliphatic heterocycles. The Bertz CT molecular complexity index is 618. The molecule has 2 aromatic rings. The molecule has 110 valence electrons. The first-order valence-corrected chi connectivity index (χ1v) is 7.08. The average Bonchev–Trinajstić information content (AvgIpc) is 2.53. The van der Waals surface area contributed by atoms with Crippen molar-refractivity contribution < 1.29 is 4.79 Å². The summed E-state index contributed by atoms with van der Waals surface area (Å²) < 4.78 is 0. The molecule has 0 spiro atoms. The molecule has 0 bridgehead atoms. The Labute approximate surface area is 129 Å². The van der Waals surface area contributed by atoms with Crippen molar-refractivity contribution in [2.75, 3.05) is 23.8 Å². The van der Waals surface area contributed by atoms with Crippen LogP contribution >= 0.6 is 11.6 Å². The molecule has 0 radical (unpaired) electrons. The smallest absolute Gasteiger partial charge is 0.259 e. The second-order valence-electron chi connectivity index (χ2n) is 4.55. The van der Waals surface area contributed by atoms with Crippen molar-refractivity contribution in [1.82, 2.24) is 9.97 Å². The molecule has 1 N–H and O–H groups in total. The summed E-state index contributed by atoms with van der Waals surface area (Å²) in [5.41, 5.74) is 1.12. The second kappa shape index (κ2) is 7.04. The third-order valence-corrected chi connectivity index (χ3v) is 3.28. The summed E-state index contributed by atoms with van der Waals surface area (Å²) in [7, 11) is 1.69. The van der Waals surface area contributed by atoms with E-state index in [1.807, 2.05) is 6.07 Å². The van der Waals surface area contributed by atoms with Crippen molar-refractivity contribution in [2.45, 2.75) is 13.3 Å². The van der Waals surface area contributed by atoms with E-state index in [9.17, 15) is 4.79 Å². The molecule has 2 heterocycles. The van der Waals surface area contributed by atoms with Crippen molar-refractivity contribution in [1.29, 1.82) is 0 Å². The minimum atomic E-state index is -0.199. The first-order valence-electron chi connectivity index (χ1n) is 6.71. The molecule has 0 atom stereocenters. The Morgan fingerprint density at radius 3 is 2.90 bits per heavy atom. The van der Waals surface area contributed by atoms with E-state index < -0.39 is 0 Å². The maximum Gasteiger partial charge on any atom is 0.259 e. The summed E-state index contributed by atoms with van der Waals surface area (Å²) >= 11 is 6.10. The zero-order valence-corrected chi connectivity index (χ0v) is 12.8. The van der Waals surface area contributed by atoms with Crippen LogP contribution < -0.4 is 10.2 Å². The highest BCUT2D eigenvalue weighted by atomic mass is 35.5. The lowest BCUT2D eigenvalue weighted by molar-refractivity contribution is 0.0993. The third-order valence-electron chi connectivity index (χ3n) is 2.98. The van der Waals surface area contributed by atoms with Gasteiger partial charge in [0, 0.05) is 26.0 Å². The highest BCUT2D eigenvalue weighted by molar-refractivity contribution is 6.34. The monoisotopic (exact) mass is 304 g/mol. The Morgan fingerprint density at radius 1 is 1.43 bits per heavy atom. The fraction of sp³-hybridized carbons (Fsp3) is 0.267. The molecule has 21 heavy (non-hydrogen) atoms. The first kappa shape index (κ1) is 15.3. The van der Waals surface area contributed by atoms with Gasteiger partial charge in [-0.05, 0) is 24.6 Å². The van der Waals surface area contributed by atoms with Crippen molar-refractivity contribution in [3.8, 4) is 0 Å². The predicted octanol–water partition coefficient (Wildman–Crippen LogP) is 3.23. The van der Waals surface area contributed by atoms with Crippen LogP contribution in [0.3, 0.4) is 0 Å². The van der Waals surface area contributed by atoms with E-state index in [1.165, 1.54) is 11.1 Å². The summed E-state index contributed by atoms with van der Waals surface area (Å²) in [4.78, 5) is 22.2. The summed E-state index contributed by atoms with van der Waals surface area (Å²) in [5, 5.41) is 3.47. The SMILES string of the molecule is CCCNc1cc(C(=O)N(C)c2cccnc2)c(Cl)cn1. The molecule has 0 aromatic carbocycles. The van der Waals surface area contributed by atoms with Crippen molar-refractivity contribution in [2.24, 2.45) is 0 Å². The number of nitrogens with zero attached hydrogens (tertiary/aromatic N) is 3. The second-order valence-corrected chi connectivity index (χ2v) is 4.96. The van der Waals surface area contributed by atoms with Crippen LogP contribution in [0.15, 0.2) is 36.8 Å². The largest absolute Gasteiger partial charge is 0.370 e. The molecule has 0 unspecified atom stereocenters. The molecular weight excluding hydrogens is 288 g/mol. The average molecular weight is 305 g/mol.